The van der Waals surface area contributed by atoms with Crippen LogP contribution in [0.5, 0.6) is 0 Å². The highest BCUT2D eigenvalue weighted by molar-refractivity contribution is 6.00. The van der Waals surface area contributed by atoms with E-state index in [9.17, 15) is 9.59 Å². The summed E-state index contributed by atoms with van der Waals surface area (Å²) in [5, 5.41) is 3.02. The first kappa shape index (κ1) is 15.0. The molecule has 5 heteroatoms. The summed E-state index contributed by atoms with van der Waals surface area (Å²) in [5.41, 5.74) is 7.36. The summed E-state index contributed by atoms with van der Waals surface area (Å²) in [6.07, 6.45) is 0. The molecule has 0 spiro atoms. The minimum Gasteiger partial charge on any atom is -0.398 e. The first-order valence-electron chi connectivity index (χ1n) is 6.41. The minimum absolute atomic E-state index is 0.0335. The van der Waals surface area contributed by atoms with E-state index in [4.69, 9.17) is 5.73 Å². The molecule has 1 rings (SSSR count). The van der Waals surface area contributed by atoms with Crippen molar-refractivity contribution in [3.8, 4) is 0 Å². The molecule has 3 N–H and O–H groups in total. The van der Waals surface area contributed by atoms with Crippen LogP contribution in [0.25, 0.3) is 0 Å². The van der Waals surface area contributed by atoms with Crippen LogP contribution < -0.4 is 11.1 Å². The van der Waals surface area contributed by atoms with Crippen molar-refractivity contribution in [2.45, 2.75) is 20.8 Å². The fraction of sp³-hybridized carbons (Fsp3) is 0.429. The Balaban J connectivity index is 2.71. The van der Waals surface area contributed by atoms with Crippen LogP contribution in [0.3, 0.4) is 0 Å². The molecule has 0 aliphatic rings. The summed E-state index contributed by atoms with van der Waals surface area (Å²) >= 11 is 0. The lowest BCUT2D eigenvalue weighted by Gasteiger charge is -2.19. The second-order valence-corrected chi connectivity index (χ2v) is 4.28. The Hall–Kier alpha value is -2.04. The van der Waals surface area contributed by atoms with Gasteiger partial charge in [0.05, 0.1) is 6.54 Å². The number of hydrogen-bond acceptors (Lipinski definition) is 4. The first-order chi connectivity index (χ1) is 8.99. The largest absolute Gasteiger partial charge is 0.398 e. The average Bonchev–Trinajstić information content (AvgIpc) is 2.38. The fourth-order valence-corrected chi connectivity index (χ4v) is 1.84. The van der Waals surface area contributed by atoms with Crippen molar-refractivity contribution < 1.29 is 9.59 Å². The minimum atomic E-state index is -0.0868. The van der Waals surface area contributed by atoms with Crippen molar-refractivity contribution in [2.24, 2.45) is 0 Å². The molecule has 0 unspecified atom stereocenters. The molecule has 104 valence electrons. The molecule has 0 saturated carbocycles. The Morgan fingerprint density at radius 2 is 1.89 bits per heavy atom. The third-order valence-electron chi connectivity index (χ3n) is 2.99. The molecule has 19 heavy (non-hydrogen) atoms. The van der Waals surface area contributed by atoms with Crippen molar-refractivity contribution in [1.29, 1.82) is 0 Å². The Labute approximate surface area is 113 Å². The molecule has 0 heterocycles. The maximum atomic E-state index is 11.8. The molecular formula is C14H21N3O2. The van der Waals surface area contributed by atoms with Gasteiger partial charge in [-0.25, -0.2) is 0 Å². The molecule has 0 aliphatic heterocycles. The number of carbonyl (C=O) groups is 2. The monoisotopic (exact) mass is 263 g/mol. The van der Waals surface area contributed by atoms with Crippen molar-refractivity contribution in [3.05, 3.63) is 23.8 Å². The number of nitrogens with two attached hydrogens (primary N) is 1. The maximum Gasteiger partial charge on any atom is 0.241 e. The Morgan fingerprint density at radius 3 is 2.42 bits per heavy atom. The van der Waals surface area contributed by atoms with Crippen molar-refractivity contribution in [1.82, 2.24) is 4.90 Å². The summed E-state index contributed by atoms with van der Waals surface area (Å²) in [6, 6.07) is 5.10. The number of carbonyl (C=O) groups excluding carboxylic acids is 2. The molecule has 1 aromatic carbocycles. The molecule has 5 nitrogen and oxygen atoms in total. The average molecular weight is 263 g/mol. The van der Waals surface area contributed by atoms with Crippen molar-refractivity contribution >= 4 is 23.1 Å². The Kier molecular flexibility index (Phi) is 5.36. The van der Waals surface area contributed by atoms with Crippen LogP contribution in [0.4, 0.5) is 11.4 Å². The van der Waals surface area contributed by atoms with Crippen LogP contribution in [0.2, 0.25) is 0 Å². The molecule has 0 atom stereocenters. The van der Waals surface area contributed by atoms with E-state index in [0.29, 0.717) is 24.3 Å². The van der Waals surface area contributed by atoms with E-state index in [2.05, 4.69) is 5.32 Å². The summed E-state index contributed by atoms with van der Waals surface area (Å²) in [6.45, 7) is 6.95. The molecule has 0 radical (unpaired) electrons. The molecular weight excluding hydrogens is 242 g/mol. The lowest BCUT2D eigenvalue weighted by Crippen LogP contribution is -2.35. The maximum absolute atomic E-state index is 11.8. The van der Waals surface area contributed by atoms with E-state index in [0.717, 1.165) is 5.69 Å². The van der Waals surface area contributed by atoms with Gasteiger partial charge >= 0.3 is 0 Å². The van der Waals surface area contributed by atoms with E-state index >= 15 is 0 Å². The van der Waals surface area contributed by atoms with Gasteiger partial charge in [-0.3, -0.25) is 9.59 Å². The number of nitrogens with one attached hydrogen (secondary N) is 1. The van der Waals surface area contributed by atoms with Crippen LogP contribution in [0.1, 0.15) is 31.1 Å². The van der Waals surface area contributed by atoms with Gasteiger partial charge in [0.1, 0.15) is 0 Å². The highest BCUT2D eigenvalue weighted by atomic mass is 16.2. The van der Waals surface area contributed by atoms with Crippen LogP contribution in [-0.4, -0.2) is 36.2 Å². The lowest BCUT2D eigenvalue weighted by molar-refractivity contribution is -0.128. The highest BCUT2D eigenvalue weighted by Gasteiger charge is 2.10. The van der Waals surface area contributed by atoms with Gasteiger partial charge in [-0.15, -0.1) is 0 Å². The summed E-state index contributed by atoms with van der Waals surface area (Å²) in [4.78, 5) is 25.0. The van der Waals surface area contributed by atoms with Gasteiger partial charge in [0.25, 0.3) is 0 Å². The third kappa shape index (κ3) is 3.98. The summed E-state index contributed by atoms with van der Waals surface area (Å²) in [7, 11) is 0. The molecule has 0 saturated heterocycles. The zero-order valence-electron chi connectivity index (χ0n) is 11.7. The zero-order valence-corrected chi connectivity index (χ0v) is 11.7. The van der Waals surface area contributed by atoms with Gasteiger partial charge in [0.2, 0.25) is 5.91 Å². The third-order valence-corrected chi connectivity index (χ3v) is 2.99. The summed E-state index contributed by atoms with van der Waals surface area (Å²) < 4.78 is 0. The van der Waals surface area contributed by atoms with Crippen LogP contribution in [0, 0.1) is 0 Å². The van der Waals surface area contributed by atoms with E-state index in [-0.39, 0.29) is 18.2 Å². The number of nitrogens with zero attached hydrogens (tertiary/aromatic N) is 1. The Bertz CT molecular complexity index is 468. The van der Waals surface area contributed by atoms with Crippen molar-refractivity contribution in [3.63, 3.8) is 0 Å². The molecule has 0 aromatic heterocycles. The smallest absolute Gasteiger partial charge is 0.241 e. The van der Waals surface area contributed by atoms with Crippen LogP contribution in [-0.2, 0) is 4.79 Å². The number of likely N-dealkylation sites (N-methyl/N-ethyl adjacent to an activating group) is 1. The van der Waals surface area contributed by atoms with E-state index < -0.39 is 0 Å². The molecule has 1 amide bonds. The predicted molar refractivity (Wildman–Crippen MR) is 77.3 cm³/mol. The normalized spacial score (nSPS) is 10.1. The van der Waals surface area contributed by atoms with Gasteiger partial charge in [0, 0.05) is 30.0 Å². The number of ketones is 1. The van der Waals surface area contributed by atoms with Crippen molar-refractivity contribution in [2.75, 3.05) is 30.7 Å². The van der Waals surface area contributed by atoms with Gasteiger partial charge in [0.15, 0.2) is 5.78 Å². The van der Waals surface area contributed by atoms with Gasteiger partial charge < -0.3 is 16.0 Å². The standard InChI is InChI=1S/C14H21N3O2/c1-4-17(5-2)14(19)9-16-11-6-7-13(15)12(8-11)10(3)18/h6-8,16H,4-5,9,15H2,1-3H3. The second-order valence-electron chi connectivity index (χ2n) is 4.28. The number of nitrogen functional groups attached to an aromatic ring is 1. The van der Waals surface area contributed by atoms with Crippen LogP contribution >= 0.6 is 0 Å². The van der Waals surface area contributed by atoms with E-state index in [1.165, 1.54) is 6.92 Å². The molecule has 0 bridgehead atoms. The van der Waals surface area contributed by atoms with Gasteiger partial charge in [-0.2, -0.15) is 0 Å². The fourth-order valence-electron chi connectivity index (χ4n) is 1.84. The molecule has 1 aromatic rings. The quantitative estimate of drug-likeness (QED) is 0.605. The highest BCUT2D eigenvalue weighted by Crippen LogP contribution is 2.18. The number of Topliss-reactive ketones (excluding diaryl/α,β-unsaturated/α-hetero) is 1. The number of hydrogen-bond donors (Lipinski definition) is 2. The van der Waals surface area contributed by atoms with Gasteiger partial charge in [-0.1, -0.05) is 0 Å². The predicted octanol–water partition coefficient (Wildman–Crippen LogP) is 1.75. The second kappa shape index (κ2) is 6.78. The molecule has 0 aliphatic carbocycles. The topological polar surface area (TPSA) is 75.4 Å². The molecule has 0 fully saturated rings. The number of amides is 1. The summed E-state index contributed by atoms with van der Waals surface area (Å²) in [5.74, 6) is -0.0533. The zero-order chi connectivity index (χ0) is 14.4. The lowest BCUT2D eigenvalue weighted by atomic mass is 10.1. The Morgan fingerprint density at radius 1 is 1.26 bits per heavy atom. The van der Waals surface area contributed by atoms with E-state index in [1.54, 1.807) is 23.1 Å². The number of anilines is 2. The SMILES string of the molecule is CCN(CC)C(=O)CNc1ccc(N)c(C(C)=O)c1. The van der Waals surface area contributed by atoms with Crippen LogP contribution in [0.15, 0.2) is 18.2 Å². The first-order valence-corrected chi connectivity index (χ1v) is 6.41. The van der Waals surface area contributed by atoms with E-state index in [1.807, 2.05) is 13.8 Å². The number of benzene rings is 1. The van der Waals surface area contributed by atoms with Gasteiger partial charge in [-0.05, 0) is 39.0 Å². The number of rotatable bonds is 6.